The van der Waals surface area contributed by atoms with E-state index in [4.69, 9.17) is 4.74 Å². The Labute approximate surface area is 137 Å². The van der Waals surface area contributed by atoms with Crippen LogP contribution in [0.3, 0.4) is 0 Å². The number of hydrogen-bond donors (Lipinski definition) is 0. The molecule has 1 aliphatic rings. The van der Waals surface area contributed by atoms with Gasteiger partial charge in [-0.15, -0.1) is 0 Å². The summed E-state index contributed by atoms with van der Waals surface area (Å²) in [5, 5.41) is 0. The number of allylic oxidation sites excluding steroid dienone is 1. The second kappa shape index (κ2) is 7.81. The quantitative estimate of drug-likeness (QED) is 0.803. The number of rotatable bonds is 4. The van der Waals surface area contributed by atoms with Crippen LogP contribution in [0.1, 0.15) is 25.3 Å². The average Bonchev–Trinajstić information content (AvgIpc) is 2.97. The number of likely N-dealkylation sites (N-methyl/N-ethyl adjacent to an activating group) is 1. The smallest absolute Gasteiger partial charge is 0.411 e. The zero-order chi connectivity index (χ0) is 16.8. The Bertz CT molecular complexity index is 581. The van der Waals surface area contributed by atoms with Gasteiger partial charge in [-0.1, -0.05) is 48.9 Å². The van der Waals surface area contributed by atoms with E-state index in [0.717, 1.165) is 17.6 Å². The van der Waals surface area contributed by atoms with Gasteiger partial charge >= 0.3 is 6.09 Å². The third kappa shape index (κ3) is 4.34. The lowest BCUT2D eigenvalue weighted by atomic mass is 10.1. The Morgan fingerprint density at radius 1 is 1.30 bits per heavy atom. The van der Waals surface area contributed by atoms with Crippen molar-refractivity contribution in [1.82, 2.24) is 9.80 Å². The van der Waals surface area contributed by atoms with Crippen molar-refractivity contribution >= 4 is 12.0 Å². The fourth-order valence-electron chi connectivity index (χ4n) is 2.70. The molecule has 23 heavy (non-hydrogen) atoms. The Balaban J connectivity index is 2.05. The highest BCUT2D eigenvalue weighted by Gasteiger charge is 2.38. The molecule has 0 aromatic heterocycles. The summed E-state index contributed by atoms with van der Waals surface area (Å²) in [4.78, 5) is 27.8. The molecule has 0 aliphatic carbocycles. The Kier molecular flexibility index (Phi) is 5.79. The van der Waals surface area contributed by atoms with Crippen molar-refractivity contribution in [2.75, 3.05) is 20.6 Å². The first-order chi connectivity index (χ1) is 11.0. The number of ether oxygens (including phenoxy) is 1. The van der Waals surface area contributed by atoms with Gasteiger partial charge in [-0.3, -0.25) is 9.69 Å². The van der Waals surface area contributed by atoms with Crippen LogP contribution in [0, 0.1) is 0 Å². The number of likely N-dealkylation sites (tertiary alicyclic amines) is 1. The van der Waals surface area contributed by atoms with Crippen LogP contribution >= 0.6 is 0 Å². The fraction of sp³-hybridized carbons (Fsp3) is 0.444. The molecule has 1 fully saturated rings. The predicted octanol–water partition coefficient (Wildman–Crippen LogP) is 2.82. The van der Waals surface area contributed by atoms with Crippen molar-refractivity contribution in [3.05, 3.63) is 47.5 Å². The van der Waals surface area contributed by atoms with Gasteiger partial charge in [0.15, 0.2) is 0 Å². The molecular weight excluding hydrogens is 292 g/mol. The zero-order valence-corrected chi connectivity index (χ0v) is 14.0. The number of amides is 2. The van der Waals surface area contributed by atoms with E-state index >= 15 is 0 Å². The van der Waals surface area contributed by atoms with Crippen molar-refractivity contribution in [2.45, 2.75) is 32.4 Å². The van der Waals surface area contributed by atoms with Gasteiger partial charge in [-0.25, -0.2) is 4.79 Å². The van der Waals surface area contributed by atoms with Gasteiger partial charge in [0, 0.05) is 20.6 Å². The van der Waals surface area contributed by atoms with Crippen LogP contribution in [-0.4, -0.2) is 48.5 Å². The Morgan fingerprint density at radius 2 is 2.00 bits per heavy atom. The molecule has 1 aromatic rings. The minimum absolute atomic E-state index is 0.0684. The molecule has 1 heterocycles. The summed E-state index contributed by atoms with van der Waals surface area (Å²) in [5.41, 5.74) is 2.05. The van der Waals surface area contributed by atoms with Gasteiger partial charge in [-0.2, -0.15) is 0 Å². The lowest BCUT2D eigenvalue weighted by molar-refractivity contribution is -0.133. The minimum Gasteiger partial charge on any atom is -0.445 e. The monoisotopic (exact) mass is 316 g/mol. The maximum atomic E-state index is 12.4. The number of carbonyl (C=O) groups is 2. The van der Waals surface area contributed by atoms with Crippen LogP contribution in [0.5, 0.6) is 0 Å². The molecule has 0 bridgehead atoms. The predicted molar refractivity (Wildman–Crippen MR) is 88.8 cm³/mol. The zero-order valence-electron chi connectivity index (χ0n) is 14.0. The Hall–Kier alpha value is -2.30. The first-order valence-electron chi connectivity index (χ1n) is 7.89. The van der Waals surface area contributed by atoms with E-state index in [-0.39, 0.29) is 12.5 Å². The Morgan fingerprint density at radius 3 is 2.61 bits per heavy atom. The molecule has 2 rings (SSSR count). The number of hydrogen-bond acceptors (Lipinski definition) is 3. The molecule has 1 atom stereocenters. The largest absolute Gasteiger partial charge is 0.445 e. The van der Waals surface area contributed by atoms with Crippen LogP contribution in [-0.2, 0) is 16.1 Å². The molecule has 1 aliphatic heterocycles. The number of carbonyl (C=O) groups excluding carboxylic acids is 2. The molecule has 0 saturated carbocycles. The molecular formula is C18H24N2O3. The standard InChI is InChI=1S/C18H24N2O3/c1-4-8-15-11-16(17(21)19(2)3)20(12-15)18(22)23-13-14-9-6-5-7-10-14/h5-10,16H,4,11-13H2,1-3H3/t16-/m0/s1. The minimum atomic E-state index is -0.467. The molecule has 5 nitrogen and oxygen atoms in total. The van der Waals surface area contributed by atoms with Crippen molar-refractivity contribution in [3.63, 3.8) is 0 Å². The van der Waals surface area contributed by atoms with E-state index < -0.39 is 12.1 Å². The van der Waals surface area contributed by atoms with Crippen LogP contribution in [0.4, 0.5) is 4.79 Å². The van der Waals surface area contributed by atoms with E-state index in [1.54, 1.807) is 14.1 Å². The molecule has 1 aromatic carbocycles. The van der Waals surface area contributed by atoms with E-state index in [1.807, 2.05) is 37.3 Å². The number of nitrogens with zero attached hydrogens (tertiary/aromatic N) is 2. The summed E-state index contributed by atoms with van der Waals surface area (Å²) in [5.74, 6) is -0.0684. The van der Waals surface area contributed by atoms with Gasteiger partial charge in [0.25, 0.3) is 0 Å². The first-order valence-corrected chi connectivity index (χ1v) is 7.89. The molecule has 0 spiro atoms. The average molecular weight is 316 g/mol. The molecule has 0 radical (unpaired) electrons. The van der Waals surface area contributed by atoms with Crippen LogP contribution in [0.15, 0.2) is 42.0 Å². The van der Waals surface area contributed by atoms with Gasteiger partial charge in [0.2, 0.25) is 5.91 Å². The highest BCUT2D eigenvalue weighted by atomic mass is 16.6. The second-order valence-corrected chi connectivity index (χ2v) is 5.89. The summed E-state index contributed by atoms with van der Waals surface area (Å²) in [7, 11) is 3.41. The van der Waals surface area contributed by atoms with Crippen molar-refractivity contribution in [3.8, 4) is 0 Å². The summed E-state index contributed by atoms with van der Waals surface area (Å²) < 4.78 is 5.39. The lowest BCUT2D eigenvalue weighted by Gasteiger charge is -2.25. The van der Waals surface area contributed by atoms with Gasteiger partial charge in [-0.05, 0) is 18.4 Å². The first kappa shape index (κ1) is 17.1. The van der Waals surface area contributed by atoms with Crippen LogP contribution < -0.4 is 0 Å². The maximum absolute atomic E-state index is 12.4. The summed E-state index contributed by atoms with van der Waals surface area (Å²) >= 11 is 0. The van der Waals surface area contributed by atoms with Crippen LogP contribution in [0.25, 0.3) is 0 Å². The molecule has 1 saturated heterocycles. The van der Waals surface area contributed by atoms with Crippen molar-refractivity contribution < 1.29 is 14.3 Å². The van der Waals surface area contributed by atoms with E-state index in [9.17, 15) is 9.59 Å². The molecule has 2 amide bonds. The van der Waals surface area contributed by atoms with Gasteiger partial charge < -0.3 is 9.64 Å². The lowest BCUT2D eigenvalue weighted by Crippen LogP contribution is -2.45. The molecule has 124 valence electrons. The maximum Gasteiger partial charge on any atom is 0.411 e. The van der Waals surface area contributed by atoms with E-state index in [2.05, 4.69) is 6.08 Å². The normalized spacial score (nSPS) is 19.0. The SMILES string of the molecule is CCC=C1C[C@@H](C(=O)N(C)C)N(C(=O)OCc2ccccc2)C1. The van der Waals surface area contributed by atoms with E-state index in [0.29, 0.717) is 13.0 Å². The molecule has 5 heteroatoms. The van der Waals surface area contributed by atoms with Crippen molar-refractivity contribution in [1.29, 1.82) is 0 Å². The number of benzene rings is 1. The highest BCUT2D eigenvalue weighted by Crippen LogP contribution is 2.25. The van der Waals surface area contributed by atoms with Crippen LogP contribution in [0.2, 0.25) is 0 Å². The molecule has 0 unspecified atom stereocenters. The molecule has 0 N–H and O–H groups in total. The summed E-state index contributed by atoms with van der Waals surface area (Å²) in [6.45, 7) is 2.73. The van der Waals surface area contributed by atoms with Crippen molar-refractivity contribution in [2.24, 2.45) is 0 Å². The third-order valence-electron chi connectivity index (χ3n) is 3.86. The summed E-state index contributed by atoms with van der Waals surface area (Å²) in [6.07, 6.45) is 3.13. The summed E-state index contributed by atoms with van der Waals surface area (Å²) in [6, 6.07) is 9.06. The topological polar surface area (TPSA) is 49.9 Å². The van der Waals surface area contributed by atoms with Gasteiger partial charge in [0.1, 0.15) is 12.6 Å². The second-order valence-electron chi connectivity index (χ2n) is 5.89. The van der Waals surface area contributed by atoms with E-state index in [1.165, 1.54) is 9.80 Å². The highest BCUT2D eigenvalue weighted by molar-refractivity contribution is 5.86. The fourth-order valence-corrected chi connectivity index (χ4v) is 2.70. The van der Waals surface area contributed by atoms with Gasteiger partial charge in [0.05, 0.1) is 0 Å². The third-order valence-corrected chi connectivity index (χ3v) is 3.86.